The average Bonchev–Trinajstić information content (AvgIpc) is 3.66. The van der Waals surface area contributed by atoms with Crippen molar-refractivity contribution >= 4 is 40.8 Å². The fourth-order valence-electron chi connectivity index (χ4n) is 4.06. The first-order valence-corrected chi connectivity index (χ1v) is 13.4. The number of ketones is 1. The van der Waals surface area contributed by atoms with E-state index in [4.69, 9.17) is 9.84 Å². The molecule has 0 saturated heterocycles. The molecule has 0 fully saturated rings. The smallest absolute Gasteiger partial charge is 0.331 e. The number of nitrogens with zero attached hydrogens (tertiary/aromatic N) is 2. The summed E-state index contributed by atoms with van der Waals surface area (Å²) in [6.45, 7) is 1.45. The van der Waals surface area contributed by atoms with Gasteiger partial charge in [-0.3, -0.25) is 9.59 Å². The van der Waals surface area contributed by atoms with E-state index in [9.17, 15) is 14.4 Å². The second kappa shape index (κ2) is 12.2. The standard InChI is InChI=1S/C32H25N3O4S/c1-22(36)24-12-8-13-26(20-24)33-32(38)31(23-10-4-2-5-11-23)39-29(37)18-17-25-21-35(27-14-6-3-7-15-27)34-30(25)28-16-9-19-40-28/h2-21,31H,1H3,(H,33,38). The zero-order chi connectivity index (χ0) is 27.9. The monoisotopic (exact) mass is 547 g/mol. The number of ether oxygens (including phenoxy) is 1. The molecular weight excluding hydrogens is 522 g/mol. The van der Waals surface area contributed by atoms with Gasteiger partial charge in [0.05, 0.1) is 10.6 Å². The summed E-state index contributed by atoms with van der Waals surface area (Å²) in [6.07, 6.45) is 3.57. The number of carbonyl (C=O) groups is 3. The number of nitrogens with one attached hydrogen (secondary N) is 1. The highest BCUT2D eigenvalue weighted by Crippen LogP contribution is 2.29. The average molecular weight is 548 g/mol. The van der Waals surface area contributed by atoms with Gasteiger partial charge in [-0.05, 0) is 48.7 Å². The van der Waals surface area contributed by atoms with Crippen LogP contribution >= 0.6 is 11.3 Å². The lowest BCUT2D eigenvalue weighted by atomic mass is 10.1. The molecular formula is C32H25N3O4S. The van der Waals surface area contributed by atoms with Gasteiger partial charge in [0.15, 0.2) is 5.78 Å². The molecule has 7 nitrogen and oxygen atoms in total. The predicted molar refractivity (Wildman–Crippen MR) is 156 cm³/mol. The lowest BCUT2D eigenvalue weighted by Gasteiger charge is -2.17. The Morgan fingerprint density at radius 1 is 0.925 bits per heavy atom. The maximum Gasteiger partial charge on any atom is 0.331 e. The number of amides is 1. The van der Waals surface area contributed by atoms with Gasteiger partial charge < -0.3 is 10.1 Å². The molecule has 0 radical (unpaired) electrons. The van der Waals surface area contributed by atoms with Gasteiger partial charge in [0.25, 0.3) is 5.91 Å². The first-order valence-electron chi connectivity index (χ1n) is 12.5. The maximum atomic E-state index is 13.3. The molecule has 0 aliphatic rings. The van der Waals surface area contributed by atoms with Gasteiger partial charge in [0.1, 0.15) is 5.69 Å². The number of carbonyl (C=O) groups excluding carboxylic acids is 3. The highest BCUT2D eigenvalue weighted by Gasteiger charge is 2.25. The topological polar surface area (TPSA) is 90.3 Å². The number of thiophene rings is 1. The van der Waals surface area contributed by atoms with E-state index in [-0.39, 0.29) is 5.78 Å². The third kappa shape index (κ3) is 6.31. The van der Waals surface area contributed by atoms with Crippen molar-refractivity contribution in [2.45, 2.75) is 13.0 Å². The fourth-order valence-corrected chi connectivity index (χ4v) is 4.80. The SMILES string of the molecule is CC(=O)c1cccc(NC(=O)C(OC(=O)C=Cc2cn(-c3ccccc3)nc2-c2cccs2)c2ccccc2)c1. The van der Waals surface area contributed by atoms with E-state index in [1.54, 1.807) is 70.6 Å². The Morgan fingerprint density at radius 2 is 1.68 bits per heavy atom. The van der Waals surface area contributed by atoms with Crippen LogP contribution in [0.4, 0.5) is 5.69 Å². The van der Waals surface area contributed by atoms with Crippen LogP contribution in [0.2, 0.25) is 0 Å². The number of hydrogen-bond acceptors (Lipinski definition) is 6. The van der Waals surface area contributed by atoms with Crippen molar-refractivity contribution in [3.05, 3.63) is 131 Å². The van der Waals surface area contributed by atoms with E-state index in [1.807, 2.05) is 60.1 Å². The van der Waals surface area contributed by atoms with Gasteiger partial charge in [-0.25, -0.2) is 9.48 Å². The molecule has 1 atom stereocenters. The summed E-state index contributed by atoms with van der Waals surface area (Å²) in [7, 11) is 0. The first kappa shape index (κ1) is 26.5. The number of benzene rings is 3. The van der Waals surface area contributed by atoms with Crippen molar-refractivity contribution in [2.24, 2.45) is 0 Å². The second-order valence-electron chi connectivity index (χ2n) is 8.88. The molecule has 0 bridgehead atoms. The molecule has 0 aliphatic heterocycles. The molecule has 2 heterocycles. The zero-order valence-corrected chi connectivity index (χ0v) is 22.4. The fraction of sp³-hybridized carbons (Fsp3) is 0.0625. The van der Waals surface area contributed by atoms with Crippen LogP contribution in [0.25, 0.3) is 22.3 Å². The van der Waals surface area contributed by atoms with Crippen molar-refractivity contribution in [1.82, 2.24) is 9.78 Å². The Labute approximate surface area is 235 Å². The molecule has 1 unspecified atom stereocenters. The van der Waals surface area contributed by atoms with E-state index in [2.05, 4.69) is 5.32 Å². The van der Waals surface area contributed by atoms with Crippen LogP contribution < -0.4 is 5.32 Å². The summed E-state index contributed by atoms with van der Waals surface area (Å²) >= 11 is 1.55. The van der Waals surface area contributed by atoms with E-state index in [0.29, 0.717) is 16.8 Å². The Morgan fingerprint density at radius 3 is 2.38 bits per heavy atom. The number of para-hydroxylation sites is 1. The molecule has 3 aromatic carbocycles. The summed E-state index contributed by atoms with van der Waals surface area (Å²) in [5, 5.41) is 9.47. The highest BCUT2D eigenvalue weighted by atomic mass is 32.1. The number of esters is 1. The van der Waals surface area contributed by atoms with Crippen molar-refractivity contribution in [3.63, 3.8) is 0 Å². The van der Waals surface area contributed by atoms with Crippen LogP contribution in [0, 0.1) is 0 Å². The van der Waals surface area contributed by atoms with Gasteiger partial charge in [-0.15, -0.1) is 11.3 Å². The number of hydrogen-bond donors (Lipinski definition) is 1. The first-order chi connectivity index (χ1) is 19.5. The molecule has 40 heavy (non-hydrogen) atoms. The Bertz CT molecular complexity index is 1660. The van der Waals surface area contributed by atoms with Crippen molar-refractivity contribution < 1.29 is 19.1 Å². The molecule has 1 amide bonds. The summed E-state index contributed by atoms with van der Waals surface area (Å²) in [6, 6.07) is 29.0. The van der Waals surface area contributed by atoms with Crippen LogP contribution in [0.1, 0.15) is 34.5 Å². The van der Waals surface area contributed by atoms with Crippen LogP contribution in [-0.2, 0) is 14.3 Å². The van der Waals surface area contributed by atoms with E-state index in [1.165, 1.54) is 13.0 Å². The Hall–Kier alpha value is -5.08. The molecule has 2 aromatic heterocycles. The van der Waals surface area contributed by atoms with E-state index < -0.39 is 18.0 Å². The van der Waals surface area contributed by atoms with Crippen molar-refractivity contribution in [2.75, 3.05) is 5.32 Å². The predicted octanol–water partition coefficient (Wildman–Crippen LogP) is 6.74. The van der Waals surface area contributed by atoms with Crippen molar-refractivity contribution in [3.8, 4) is 16.3 Å². The number of anilines is 1. The molecule has 0 saturated carbocycles. The minimum Gasteiger partial charge on any atom is -0.444 e. The summed E-state index contributed by atoms with van der Waals surface area (Å²) in [4.78, 5) is 39.0. The van der Waals surface area contributed by atoms with Crippen LogP contribution in [0.15, 0.2) is 115 Å². The minimum atomic E-state index is -1.21. The van der Waals surface area contributed by atoms with Gasteiger partial charge in [0.2, 0.25) is 6.10 Å². The van der Waals surface area contributed by atoms with Crippen molar-refractivity contribution in [1.29, 1.82) is 0 Å². The molecule has 1 N–H and O–H groups in total. The lowest BCUT2D eigenvalue weighted by molar-refractivity contribution is -0.149. The molecule has 0 spiro atoms. The minimum absolute atomic E-state index is 0.121. The van der Waals surface area contributed by atoms with Crippen LogP contribution in [-0.4, -0.2) is 27.4 Å². The third-order valence-electron chi connectivity index (χ3n) is 6.03. The Balaban J connectivity index is 1.39. The summed E-state index contributed by atoms with van der Waals surface area (Å²) < 4.78 is 7.42. The van der Waals surface area contributed by atoms with Gasteiger partial charge in [-0.1, -0.05) is 66.7 Å². The normalized spacial score (nSPS) is 11.7. The van der Waals surface area contributed by atoms with Gasteiger partial charge >= 0.3 is 5.97 Å². The highest BCUT2D eigenvalue weighted by molar-refractivity contribution is 7.13. The van der Waals surface area contributed by atoms with Gasteiger partial charge in [-0.2, -0.15) is 5.10 Å². The third-order valence-corrected chi connectivity index (χ3v) is 6.90. The quantitative estimate of drug-likeness (QED) is 0.125. The Kier molecular flexibility index (Phi) is 8.08. The van der Waals surface area contributed by atoms with Crippen LogP contribution in [0.3, 0.4) is 0 Å². The van der Waals surface area contributed by atoms with E-state index >= 15 is 0 Å². The summed E-state index contributed by atoms with van der Waals surface area (Å²) in [5.74, 6) is -1.35. The number of aromatic nitrogens is 2. The number of Topliss-reactive ketones (excluding diaryl/α,β-unsaturated/α-hetero) is 1. The largest absolute Gasteiger partial charge is 0.444 e. The van der Waals surface area contributed by atoms with E-state index in [0.717, 1.165) is 21.8 Å². The number of rotatable bonds is 9. The molecule has 8 heteroatoms. The second-order valence-corrected chi connectivity index (χ2v) is 9.83. The molecule has 0 aliphatic carbocycles. The van der Waals surface area contributed by atoms with Crippen LogP contribution in [0.5, 0.6) is 0 Å². The molecule has 5 aromatic rings. The van der Waals surface area contributed by atoms with Gasteiger partial charge in [0, 0.05) is 34.7 Å². The molecule has 198 valence electrons. The lowest BCUT2D eigenvalue weighted by Crippen LogP contribution is -2.25. The maximum absolute atomic E-state index is 13.3. The zero-order valence-electron chi connectivity index (χ0n) is 21.6. The summed E-state index contributed by atoms with van der Waals surface area (Å²) in [5.41, 5.74) is 3.75. The molecule has 5 rings (SSSR count).